The molecule has 1 amide bonds. The summed E-state index contributed by atoms with van der Waals surface area (Å²) in [5, 5.41) is 12.4. The fraction of sp³-hybridized carbons (Fsp3) is 0.292. The van der Waals surface area contributed by atoms with E-state index in [1.807, 2.05) is 67.8 Å². The van der Waals surface area contributed by atoms with Crippen LogP contribution in [0.3, 0.4) is 0 Å². The van der Waals surface area contributed by atoms with E-state index in [4.69, 9.17) is 0 Å². The summed E-state index contributed by atoms with van der Waals surface area (Å²) < 4.78 is 2.04. The highest BCUT2D eigenvalue weighted by molar-refractivity contribution is 8.00. The fourth-order valence-corrected chi connectivity index (χ4v) is 5.00. The van der Waals surface area contributed by atoms with Gasteiger partial charge < -0.3 is 9.88 Å². The third-order valence-corrected chi connectivity index (χ3v) is 7.21. The fourth-order valence-electron chi connectivity index (χ4n) is 3.15. The van der Waals surface area contributed by atoms with E-state index in [9.17, 15) is 4.79 Å². The van der Waals surface area contributed by atoms with E-state index >= 15 is 0 Å². The minimum Gasteiger partial charge on any atom is -0.325 e. The molecule has 5 nitrogen and oxygen atoms in total. The van der Waals surface area contributed by atoms with Crippen LogP contribution >= 0.6 is 23.5 Å². The first kappa shape index (κ1) is 23.2. The van der Waals surface area contributed by atoms with Crippen LogP contribution in [0.2, 0.25) is 0 Å². The molecule has 0 fully saturated rings. The standard InChI is InChI=1S/C24H28N4OS2/c1-5-15-28-21(16-30-19-13-8-7-9-14-19)26-27-24(28)31-20(6-2)23(29)25-22-17(3)11-10-12-18(22)4/h5,7-14,20H,1,6,15-16H2,2-4H3,(H,25,29). The van der Waals surface area contributed by atoms with Crippen LogP contribution in [0.15, 0.2) is 71.2 Å². The molecular weight excluding hydrogens is 424 g/mol. The van der Waals surface area contributed by atoms with Gasteiger partial charge in [0.2, 0.25) is 5.91 Å². The lowest BCUT2D eigenvalue weighted by Gasteiger charge is -2.17. The van der Waals surface area contributed by atoms with Gasteiger partial charge in [-0.05, 0) is 43.5 Å². The third-order valence-electron chi connectivity index (χ3n) is 4.86. The van der Waals surface area contributed by atoms with Gasteiger partial charge in [0.05, 0.1) is 11.0 Å². The number of aromatic nitrogens is 3. The van der Waals surface area contributed by atoms with Crippen molar-refractivity contribution in [1.82, 2.24) is 14.8 Å². The van der Waals surface area contributed by atoms with Crippen LogP contribution in [-0.2, 0) is 17.1 Å². The van der Waals surface area contributed by atoms with Gasteiger partial charge in [-0.2, -0.15) is 0 Å². The van der Waals surface area contributed by atoms with Crippen LogP contribution in [0.4, 0.5) is 5.69 Å². The number of aryl methyl sites for hydroxylation is 2. The normalized spacial score (nSPS) is 11.8. The van der Waals surface area contributed by atoms with E-state index in [0.29, 0.717) is 18.7 Å². The zero-order valence-electron chi connectivity index (χ0n) is 18.2. The summed E-state index contributed by atoms with van der Waals surface area (Å²) >= 11 is 3.17. The molecule has 1 aromatic heterocycles. The predicted octanol–water partition coefficient (Wildman–Crippen LogP) is 5.88. The number of para-hydroxylation sites is 1. The number of anilines is 1. The number of nitrogens with zero attached hydrogens (tertiary/aromatic N) is 3. The summed E-state index contributed by atoms with van der Waals surface area (Å²) in [6, 6.07) is 16.2. The molecule has 0 bridgehead atoms. The van der Waals surface area contributed by atoms with Crippen LogP contribution < -0.4 is 5.32 Å². The molecule has 0 spiro atoms. The van der Waals surface area contributed by atoms with Crippen molar-refractivity contribution in [3.63, 3.8) is 0 Å². The highest BCUT2D eigenvalue weighted by Gasteiger charge is 2.23. The molecule has 0 saturated carbocycles. The predicted molar refractivity (Wildman–Crippen MR) is 131 cm³/mol. The SMILES string of the molecule is C=CCn1c(CSc2ccccc2)nnc1SC(CC)C(=O)Nc1c(C)cccc1C. The average Bonchev–Trinajstić information content (AvgIpc) is 3.15. The number of allylic oxidation sites excluding steroid dienone is 1. The van der Waals surface area contributed by atoms with Crippen molar-refractivity contribution in [2.24, 2.45) is 0 Å². The highest BCUT2D eigenvalue weighted by Crippen LogP contribution is 2.29. The Balaban J connectivity index is 1.74. The first-order valence-corrected chi connectivity index (χ1v) is 12.1. The van der Waals surface area contributed by atoms with Crippen molar-refractivity contribution in [1.29, 1.82) is 0 Å². The van der Waals surface area contributed by atoms with E-state index in [-0.39, 0.29) is 11.2 Å². The van der Waals surface area contributed by atoms with Crippen LogP contribution in [-0.4, -0.2) is 25.9 Å². The second kappa shape index (κ2) is 11.2. The molecule has 0 aliphatic rings. The molecule has 3 rings (SSSR count). The maximum absolute atomic E-state index is 13.0. The number of thioether (sulfide) groups is 2. The van der Waals surface area contributed by atoms with Crippen molar-refractivity contribution < 1.29 is 4.79 Å². The van der Waals surface area contributed by atoms with E-state index in [2.05, 4.69) is 34.2 Å². The van der Waals surface area contributed by atoms with Gasteiger partial charge >= 0.3 is 0 Å². The molecule has 1 heterocycles. The van der Waals surface area contributed by atoms with Gasteiger partial charge in [-0.25, -0.2) is 0 Å². The van der Waals surface area contributed by atoms with Gasteiger partial charge in [-0.15, -0.1) is 28.5 Å². The Kier molecular flexibility index (Phi) is 8.37. The number of nitrogens with one attached hydrogen (secondary N) is 1. The minimum absolute atomic E-state index is 0.0155. The number of carbonyl (C=O) groups is 1. The van der Waals surface area contributed by atoms with E-state index in [1.165, 1.54) is 16.7 Å². The van der Waals surface area contributed by atoms with E-state index in [0.717, 1.165) is 27.8 Å². The van der Waals surface area contributed by atoms with Crippen molar-refractivity contribution in [2.45, 2.75) is 54.8 Å². The molecule has 0 aliphatic carbocycles. The Morgan fingerprint density at radius 2 is 1.84 bits per heavy atom. The van der Waals surface area contributed by atoms with Crippen molar-refractivity contribution in [3.8, 4) is 0 Å². The highest BCUT2D eigenvalue weighted by atomic mass is 32.2. The average molecular weight is 453 g/mol. The van der Waals surface area contributed by atoms with Crippen molar-refractivity contribution in [3.05, 3.63) is 78.1 Å². The van der Waals surface area contributed by atoms with Gasteiger partial charge in [0.15, 0.2) is 5.16 Å². The topological polar surface area (TPSA) is 59.8 Å². The Bertz CT molecular complexity index is 1010. The summed E-state index contributed by atoms with van der Waals surface area (Å²) in [5.74, 6) is 1.57. The molecule has 2 aromatic carbocycles. The number of benzene rings is 2. The lowest BCUT2D eigenvalue weighted by molar-refractivity contribution is -0.115. The number of amides is 1. The summed E-state index contributed by atoms with van der Waals surface area (Å²) in [4.78, 5) is 14.2. The van der Waals surface area contributed by atoms with Crippen LogP contribution in [0.25, 0.3) is 0 Å². The number of carbonyl (C=O) groups excluding carboxylic acids is 1. The molecule has 31 heavy (non-hydrogen) atoms. The molecule has 3 aromatic rings. The first-order chi connectivity index (χ1) is 15.0. The number of hydrogen-bond donors (Lipinski definition) is 1. The largest absolute Gasteiger partial charge is 0.325 e. The maximum Gasteiger partial charge on any atom is 0.237 e. The summed E-state index contributed by atoms with van der Waals surface area (Å²) in [7, 11) is 0. The smallest absolute Gasteiger partial charge is 0.237 e. The molecular formula is C24H28N4OS2. The second-order valence-corrected chi connectivity index (χ2v) is 9.39. The van der Waals surface area contributed by atoms with Gasteiger partial charge in [-0.3, -0.25) is 4.79 Å². The van der Waals surface area contributed by atoms with E-state index < -0.39 is 0 Å². The molecule has 0 radical (unpaired) electrons. The van der Waals surface area contributed by atoms with Crippen LogP contribution in [0.5, 0.6) is 0 Å². The molecule has 1 atom stereocenters. The summed E-state index contributed by atoms with van der Waals surface area (Å²) in [6.45, 7) is 10.5. The second-order valence-electron chi connectivity index (χ2n) is 7.17. The van der Waals surface area contributed by atoms with Gasteiger partial charge in [0.25, 0.3) is 0 Å². The lowest BCUT2D eigenvalue weighted by atomic mass is 10.1. The Hall–Kier alpha value is -2.51. The Labute approximate surface area is 192 Å². The Morgan fingerprint density at radius 1 is 1.13 bits per heavy atom. The first-order valence-electron chi connectivity index (χ1n) is 10.3. The zero-order valence-corrected chi connectivity index (χ0v) is 19.8. The van der Waals surface area contributed by atoms with Crippen molar-refractivity contribution >= 4 is 35.1 Å². The third kappa shape index (κ3) is 6.02. The van der Waals surface area contributed by atoms with Gasteiger partial charge in [0.1, 0.15) is 5.82 Å². The number of rotatable bonds is 10. The summed E-state index contributed by atoms with van der Waals surface area (Å²) in [6.07, 6.45) is 2.53. The molecule has 1 unspecified atom stereocenters. The van der Waals surface area contributed by atoms with Crippen molar-refractivity contribution in [2.75, 3.05) is 5.32 Å². The number of hydrogen-bond acceptors (Lipinski definition) is 5. The van der Waals surface area contributed by atoms with E-state index in [1.54, 1.807) is 11.8 Å². The molecule has 0 aliphatic heterocycles. The molecule has 162 valence electrons. The lowest BCUT2D eigenvalue weighted by Crippen LogP contribution is -2.26. The zero-order chi connectivity index (χ0) is 22.2. The van der Waals surface area contributed by atoms with Crippen LogP contribution in [0, 0.1) is 13.8 Å². The molecule has 0 saturated heterocycles. The Morgan fingerprint density at radius 3 is 2.48 bits per heavy atom. The van der Waals surface area contributed by atoms with Gasteiger partial charge in [-0.1, -0.05) is 61.2 Å². The van der Waals surface area contributed by atoms with Gasteiger partial charge in [0, 0.05) is 17.1 Å². The monoisotopic (exact) mass is 452 g/mol. The minimum atomic E-state index is -0.263. The maximum atomic E-state index is 13.0. The molecule has 1 N–H and O–H groups in total. The molecule has 7 heteroatoms. The van der Waals surface area contributed by atoms with Crippen LogP contribution in [0.1, 0.15) is 30.3 Å². The summed E-state index contributed by atoms with van der Waals surface area (Å²) in [5.41, 5.74) is 3.01. The quantitative estimate of drug-likeness (QED) is 0.307.